The van der Waals surface area contributed by atoms with Crippen molar-refractivity contribution in [1.29, 1.82) is 0 Å². The number of rotatable bonds is 5. The third-order valence-electron chi connectivity index (χ3n) is 4.36. The van der Waals surface area contributed by atoms with Crippen LogP contribution in [-0.4, -0.2) is 26.0 Å². The Bertz CT molecular complexity index is 1010. The second kappa shape index (κ2) is 8.02. The number of nitrogen functional groups attached to an aromatic ring is 1. The van der Waals surface area contributed by atoms with E-state index in [2.05, 4.69) is 15.5 Å². The Labute approximate surface area is 167 Å². The molecule has 0 saturated carbocycles. The molecule has 0 saturated heterocycles. The second-order valence-electron chi connectivity index (χ2n) is 6.68. The van der Waals surface area contributed by atoms with Crippen molar-refractivity contribution < 1.29 is 9.18 Å². The third-order valence-corrected chi connectivity index (χ3v) is 5.41. The molecule has 1 heterocycles. The number of anilines is 1. The van der Waals surface area contributed by atoms with E-state index in [-0.39, 0.29) is 17.3 Å². The lowest BCUT2D eigenvalue weighted by Crippen LogP contribution is -2.24. The number of aryl methyl sites for hydroxylation is 3. The minimum absolute atomic E-state index is 0.171. The van der Waals surface area contributed by atoms with E-state index in [1.165, 1.54) is 10.7 Å². The lowest BCUT2D eigenvalue weighted by molar-refractivity contribution is -0.115. The van der Waals surface area contributed by atoms with Gasteiger partial charge in [0.1, 0.15) is 5.82 Å². The van der Waals surface area contributed by atoms with Crippen molar-refractivity contribution in [3.8, 4) is 11.4 Å². The van der Waals surface area contributed by atoms with Crippen molar-refractivity contribution in [1.82, 2.24) is 14.9 Å². The first-order chi connectivity index (χ1) is 13.3. The highest BCUT2D eigenvalue weighted by Crippen LogP contribution is 2.28. The standard InChI is InChI=1S/C20H22FN5OS/c1-11-9-12(2)17(13(3)10-11)23-19(27)14(4)28-20-25-24-18(26(20)22)15-7-5-6-8-16(15)21/h5-10,14H,22H2,1-4H3,(H,23,27)/t14-/m0/s1. The van der Waals surface area contributed by atoms with Crippen molar-refractivity contribution in [3.63, 3.8) is 0 Å². The van der Waals surface area contributed by atoms with E-state index in [9.17, 15) is 9.18 Å². The second-order valence-corrected chi connectivity index (χ2v) is 7.99. The molecular weight excluding hydrogens is 377 g/mol. The summed E-state index contributed by atoms with van der Waals surface area (Å²) in [6, 6.07) is 10.3. The molecule has 0 fully saturated rings. The Balaban J connectivity index is 1.76. The number of hydrogen-bond acceptors (Lipinski definition) is 5. The quantitative estimate of drug-likeness (QED) is 0.503. The van der Waals surface area contributed by atoms with Crippen molar-refractivity contribution in [3.05, 3.63) is 58.9 Å². The lowest BCUT2D eigenvalue weighted by atomic mass is 10.1. The Hall–Kier alpha value is -2.87. The zero-order valence-electron chi connectivity index (χ0n) is 16.2. The number of thioether (sulfide) groups is 1. The third kappa shape index (κ3) is 4.01. The van der Waals surface area contributed by atoms with Crippen LogP contribution in [0.2, 0.25) is 0 Å². The minimum Gasteiger partial charge on any atom is -0.335 e. The highest BCUT2D eigenvalue weighted by molar-refractivity contribution is 8.00. The van der Waals surface area contributed by atoms with Gasteiger partial charge in [0.15, 0.2) is 5.82 Å². The van der Waals surface area contributed by atoms with Crippen LogP contribution in [-0.2, 0) is 4.79 Å². The molecule has 0 bridgehead atoms. The highest BCUT2D eigenvalue weighted by Gasteiger charge is 2.22. The van der Waals surface area contributed by atoms with E-state index in [1.54, 1.807) is 25.1 Å². The molecular formula is C20H22FN5OS. The fourth-order valence-electron chi connectivity index (χ4n) is 3.00. The number of carbonyl (C=O) groups excluding carboxylic acids is 1. The number of benzene rings is 2. The first kappa shape index (κ1) is 19.9. The summed E-state index contributed by atoms with van der Waals surface area (Å²) >= 11 is 1.16. The maximum Gasteiger partial charge on any atom is 0.237 e. The molecule has 28 heavy (non-hydrogen) atoms. The molecule has 1 amide bonds. The molecule has 0 spiro atoms. The van der Waals surface area contributed by atoms with E-state index in [0.29, 0.717) is 5.16 Å². The first-order valence-corrected chi connectivity index (χ1v) is 9.66. The molecule has 0 radical (unpaired) electrons. The largest absolute Gasteiger partial charge is 0.335 e. The topological polar surface area (TPSA) is 85.8 Å². The average molecular weight is 399 g/mol. The zero-order chi connectivity index (χ0) is 20.4. The number of nitrogens with two attached hydrogens (primary N) is 1. The van der Waals surface area contributed by atoms with Gasteiger partial charge in [-0.25, -0.2) is 9.07 Å². The summed E-state index contributed by atoms with van der Waals surface area (Å²) in [6.45, 7) is 7.71. The van der Waals surface area contributed by atoms with Gasteiger partial charge in [0.05, 0.1) is 10.8 Å². The van der Waals surface area contributed by atoms with Crippen LogP contribution in [0.5, 0.6) is 0 Å². The normalized spacial score (nSPS) is 12.0. The van der Waals surface area contributed by atoms with Crippen LogP contribution in [0, 0.1) is 26.6 Å². The molecule has 8 heteroatoms. The van der Waals surface area contributed by atoms with Gasteiger partial charge in [-0.05, 0) is 51.0 Å². The van der Waals surface area contributed by atoms with Gasteiger partial charge in [0.2, 0.25) is 11.1 Å². The zero-order valence-corrected chi connectivity index (χ0v) is 17.0. The number of amides is 1. The number of nitrogens with zero attached hydrogens (tertiary/aromatic N) is 3. The van der Waals surface area contributed by atoms with Gasteiger partial charge in [-0.15, -0.1) is 10.2 Å². The Morgan fingerprint density at radius 3 is 2.46 bits per heavy atom. The number of hydrogen-bond donors (Lipinski definition) is 2. The van der Waals surface area contributed by atoms with Gasteiger partial charge in [0, 0.05) is 5.69 Å². The molecule has 0 aliphatic rings. The SMILES string of the molecule is Cc1cc(C)c(NC(=O)[C@H](C)Sc2nnc(-c3ccccc3F)n2N)c(C)c1. The number of carbonyl (C=O) groups is 1. The van der Waals surface area contributed by atoms with E-state index in [0.717, 1.165) is 34.1 Å². The maximum atomic E-state index is 14.0. The number of nitrogens with one attached hydrogen (secondary N) is 1. The van der Waals surface area contributed by atoms with E-state index in [4.69, 9.17) is 5.84 Å². The van der Waals surface area contributed by atoms with Gasteiger partial charge >= 0.3 is 0 Å². The van der Waals surface area contributed by atoms with Crippen LogP contribution >= 0.6 is 11.8 Å². The van der Waals surface area contributed by atoms with Crippen LogP contribution in [0.4, 0.5) is 10.1 Å². The van der Waals surface area contributed by atoms with Crippen molar-refractivity contribution >= 4 is 23.4 Å². The summed E-state index contributed by atoms with van der Waals surface area (Å²) in [7, 11) is 0. The van der Waals surface area contributed by atoms with Crippen LogP contribution in [0.1, 0.15) is 23.6 Å². The molecule has 1 aromatic heterocycles. The predicted molar refractivity (Wildman–Crippen MR) is 110 cm³/mol. The molecule has 0 aliphatic heterocycles. The first-order valence-electron chi connectivity index (χ1n) is 8.78. The lowest BCUT2D eigenvalue weighted by Gasteiger charge is -2.16. The van der Waals surface area contributed by atoms with E-state index in [1.807, 2.05) is 32.9 Å². The van der Waals surface area contributed by atoms with Crippen LogP contribution in [0.15, 0.2) is 41.6 Å². The van der Waals surface area contributed by atoms with Gasteiger partial charge in [-0.2, -0.15) is 0 Å². The summed E-state index contributed by atoms with van der Waals surface area (Å²) < 4.78 is 15.2. The van der Waals surface area contributed by atoms with E-state index < -0.39 is 11.1 Å². The summed E-state index contributed by atoms with van der Waals surface area (Å²) in [5.41, 5.74) is 4.22. The fourth-order valence-corrected chi connectivity index (χ4v) is 3.77. The molecule has 146 valence electrons. The van der Waals surface area contributed by atoms with Crippen LogP contribution in [0.3, 0.4) is 0 Å². The fraction of sp³-hybridized carbons (Fsp3) is 0.250. The van der Waals surface area contributed by atoms with Gasteiger partial charge in [-0.1, -0.05) is 41.6 Å². The number of aromatic nitrogens is 3. The molecule has 3 rings (SSSR count). The van der Waals surface area contributed by atoms with Gasteiger partial charge in [0.25, 0.3) is 0 Å². The van der Waals surface area contributed by atoms with Crippen molar-refractivity contribution in [2.45, 2.75) is 38.1 Å². The molecule has 1 atom stereocenters. The van der Waals surface area contributed by atoms with Crippen molar-refractivity contribution in [2.24, 2.45) is 0 Å². The van der Waals surface area contributed by atoms with Crippen LogP contribution in [0.25, 0.3) is 11.4 Å². The van der Waals surface area contributed by atoms with Gasteiger partial charge in [-0.3, -0.25) is 4.79 Å². The molecule has 3 aromatic rings. The summed E-state index contributed by atoms with van der Waals surface area (Å²) in [4.78, 5) is 12.7. The molecule has 3 N–H and O–H groups in total. The number of halogens is 1. The van der Waals surface area contributed by atoms with Gasteiger partial charge < -0.3 is 11.2 Å². The molecule has 6 nitrogen and oxygen atoms in total. The highest BCUT2D eigenvalue weighted by atomic mass is 32.2. The molecule has 0 unspecified atom stereocenters. The molecule has 0 aliphatic carbocycles. The average Bonchev–Trinajstić information content (AvgIpc) is 2.98. The smallest absolute Gasteiger partial charge is 0.237 e. The van der Waals surface area contributed by atoms with Crippen molar-refractivity contribution in [2.75, 3.05) is 11.2 Å². The summed E-state index contributed by atoms with van der Waals surface area (Å²) in [5.74, 6) is 5.64. The summed E-state index contributed by atoms with van der Waals surface area (Å²) in [6.07, 6.45) is 0. The predicted octanol–water partition coefficient (Wildman–Crippen LogP) is 3.84. The maximum absolute atomic E-state index is 14.0. The van der Waals surface area contributed by atoms with E-state index >= 15 is 0 Å². The van der Waals surface area contributed by atoms with Crippen LogP contribution < -0.4 is 11.2 Å². The molecule has 2 aromatic carbocycles. The Kier molecular flexibility index (Phi) is 5.69. The Morgan fingerprint density at radius 2 is 1.82 bits per heavy atom. The monoisotopic (exact) mass is 399 g/mol. The minimum atomic E-state index is -0.472. The Morgan fingerprint density at radius 1 is 1.18 bits per heavy atom. The summed E-state index contributed by atoms with van der Waals surface area (Å²) in [5, 5.41) is 10.8.